The lowest BCUT2D eigenvalue weighted by molar-refractivity contribution is 0.162. The van der Waals surface area contributed by atoms with E-state index in [4.69, 9.17) is 11.6 Å². The number of urea groups is 1. The maximum Gasteiger partial charge on any atom is 0.318 e. The number of carbonyl (C=O) groups excluding carboxylic acids is 1. The first-order chi connectivity index (χ1) is 14.2. The number of halogens is 1. The van der Waals surface area contributed by atoms with Gasteiger partial charge in [-0.2, -0.15) is 5.10 Å². The second kappa shape index (κ2) is 9.15. The molecule has 6 nitrogen and oxygen atoms in total. The maximum absolute atomic E-state index is 12.9. The minimum Gasteiger partial charge on any atom is -0.353 e. The van der Waals surface area contributed by atoms with Gasteiger partial charge in [-0.25, -0.2) is 4.79 Å². The summed E-state index contributed by atoms with van der Waals surface area (Å²) in [7, 11) is 0. The zero-order valence-electron chi connectivity index (χ0n) is 16.2. The average molecular weight is 410 g/mol. The molecule has 2 aromatic rings. The van der Waals surface area contributed by atoms with Crippen molar-refractivity contribution in [3.63, 3.8) is 0 Å². The maximum atomic E-state index is 12.9. The molecule has 1 aromatic carbocycles. The van der Waals surface area contributed by atoms with Crippen molar-refractivity contribution in [2.24, 2.45) is 0 Å². The highest BCUT2D eigenvalue weighted by Gasteiger charge is 2.39. The van der Waals surface area contributed by atoms with Gasteiger partial charge in [0.05, 0.1) is 12.6 Å². The molecule has 1 N–H and O–H groups in total. The average Bonchev–Trinajstić information content (AvgIpc) is 3.57. The Morgan fingerprint density at radius 3 is 2.90 bits per heavy atom. The summed E-state index contributed by atoms with van der Waals surface area (Å²) in [5, 5.41) is 11.8. The lowest BCUT2D eigenvalue weighted by Crippen LogP contribution is -2.54. The van der Waals surface area contributed by atoms with E-state index in [0.29, 0.717) is 17.6 Å². The van der Waals surface area contributed by atoms with Gasteiger partial charge in [0.2, 0.25) is 0 Å². The summed E-state index contributed by atoms with van der Waals surface area (Å²) in [5.41, 5.74) is 0.845. The molecule has 1 aromatic heterocycles. The number of piperidine rings is 1. The van der Waals surface area contributed by atoms with Crippen molar-refractivity contribution in [2.75, 3.05) is 24.5 Å². The highest BCUT2D eigenvalue weighted by atomic mass is 35.5. The van der Waals surface area contributed by atoms with Crippen molar-refractivity contribution >= 4 is 23.4 Å². The van der Waals surface area contributed by atoms with E-state index < -0.39 is 0 Å². The monoisotopic (exact) mass is 409 g/mol. The summed E-state index contributed by atoms with van der Waals surface area (Å²) < 4.78 is 0. The summed E-state index contributed by atoms with van der Waals surface area (Å²) in [6, 6.07) is 11.8. The van der Waals surface area contributed by atoms with E-state index in [1.165, 1.54) is 0 Å². The van der Waals surface area contributed by atoms with Crippen molar-refractivity contribution < 1.29 is 4.79 Å². The number of hydrogen-bond acceptors (Lipinski definition) is 4. The number of amides is 2. The van der Waals surface area contributed by atoms with Crippen LogP contribution in [0, 0.1) is 11.8 Å². The molecule has 0 spiro atoms. The van der Waals surface area contributed by atoms with Gasteiger partial charge in [0.15, 0.2) is 5.82 Å². The zero-order valence-corrected chi connectivity index (χ0v) is 17.0. The summed E-state index contributed by atoms with van der Waals surface area (Å²) >= 11 is 5.98. The Balaban J connectivity index is 1.37. The fourth-order valence-corrected chi connectivity index (χ4v) is 3.95. The van der Waals surface area contributed by atoms with Crippen LogP contribution in [0.2, 0.25) is 5.02 Å². The van der Waals surface area contributed by atoms with E-state index in [2.05, 4.69) is 32.3 Å². The van der Waals surface area contributed by atoms with E-state index in [1.54, 1.807) is 6.20 Å². The van der Waals surface area contributed by atoms with Gasteiger partial charge in [0, 0.05) is 35.9 Å². The third kappa shape index (κ3) is 5.18. The van der Waals surface area contributed by atoms with Gasteiger partial charge in [0.1, 0.15) is 0 Å². The molecule has 1 saturated carbocycles. The molecule has 0 radical (unpaired) electrons. The van der Waals surface area contributed by atoms with Gasteiger partial charge in [0.25, 0.3) is 0 Å². The first-order valence-corrected chi connectivity index (χ1v) is 10.4. The van der Waals surface area contributed by atoms with Gasteiger partial charge in [-0.05, 0) is 56.0 Å². The number of benzene rings is 1. The number of rotatable bonds is 4. The quantitative estimate of drug-likeness (QED) is 0.787. The van der Waals surface area contributed by atoms with Crippen LogP contribution >= 0.6 is 11.6 Å². The Bertz CT molecular complexity index is 906. The van der Waals surface area contributed by atoms with E-state index in [1.807, 2.05) is 41.3 Å². The van der Waals surface area contributed by atoms with Crippen LogP contribution < -0.4 is 10.2 Å². The van der Waals surface area contributed by atoms with Crippen LogP contribution in [0.5, 0.6) is 0 Å². The van der Waals surface area contributed by atoms with Crippen LogP contribution in [0.15, 0.2) is 42.6 Å². The predicted octanol–water partition coefficient (Wildman–Crippen LogP) is 3.32. The van der Waals surface area contributed by atoms with E-state index in [-0.39, 0.29) is 12.1 Å². The Labute approximate surface area is 176 Å². The predicted molar refractivity (Wildman–Crippen MR) is 114 cm³/mol. The van der Waals surface area contributed by atoms with Crippen LogP contribution in [0.3, 0.4) is 0 Å². The second-order valence-electron chi connectivity index (χ2n) is 7.43. The Morgan fingerprint density at radius 2 is 2.14 bits per heavy atom. The molecular weight excluding hydrogens is 386 g/mol. The molecule has 2 amide bonds. The van der Waals surface area contributed by atoms with Crippen molar-refractivity contribution in [3.05, 3.63) is 53.2 Å². The minimum atomic E-state index is -0.0288. The zero-order chi connectivity index (χ0) is 20.1. The van der Waals surface area contributed by atoms with Gasteiger partial charge in [-0.3, -0.25) is 0 Å². The van der Waals surface area contributed by atoms with Crippen LogP contribution in [-0.2, 0) is 0 Å². The molecule has 0 bridgehead atoms. The first kappa shape index (κ1) is 19.5. The third-order valence-electron chi connectivity index (χ3n) is 5.23. The van der Waals surface area contributed by atoms with Crippen LogP contribution in [0.4, 0.5) is 10.6 Å². The van der Waals surface area contributed by atoms with Crippen molar-refractivity contribution in [3.8, 4) is 11.8 Å². The molecular formula is C22H24ClN5O. The van der Waals surface area contributed by atoms with Crippen molar-refractivity contribution in [2.45, 2.75) is 37.8 Å². The SMILES string of the molecule is O=C(NCC#Cc1cccc(Cl)c1)N(C1CC1)[C@@H]1CCCN(c2cccnn2)C1. The van der Waals surface area contributed by atoms with Gasteiger partial charge < -0.3 is 15.1 Å². The lowest BCUT2D eigenvalue weighted by atomic mass is 10.0. The second-order valence-corrected chi connectivity index (χ2v) is 7.87. The number of nitrogens with one attached hydrogen (secondary N) is 1. The molecule has 2 heterocycles. The smallest absolute Gasteiger partial charge is 0.318 e. The number of aromatic nitrogens is 2. The summed E-state index contributed by atoms with van der Waals surface area (Å²) in [6.45, 7) is 2.05. The molecule has 29 heavy (non-hydrogen) atoms. The van der Waals surface area contributed by atoms with Crippen molar-refractivity contribution in [1.82, 2.24) is 20.4 Å². The molecule has 7 heteroatoms. The minimum absolute atomic E-state index is 0.0288. The summed E-state index contributed by atoms with van der Waals surface area (Å²) in [5.74, 6) is 6.93. The van der Waals surface area contributed by atoms with Gasteiger partial charge in [-0.1, -0.05) is 29.5 Å². The number of carbonyl (C=O) groups is 1. The number of nitrogens with zero attached hydrogens (tertiary/aromatic N) is 4. The van der Waals surface area contributed by atoms with E-state index in [9.17, 15) is 4.79 Å². The number of hydrogen-bond donors (Lipinski definition) is 1. The fourth-order valence-electron chi connectivity index (χ4n) is 3.76. The molecule has 1 atom stereocenters. The lowest BCUT2D eigenvalue weighted by Gasteiger charge is -2.39. The third-order valence-corrected chi connectivity index (χ3v) is 5.47. The van der Waals surface area contributed by atoms with Crippen LogP contribution in [0.1, 0.15) is 31.2 Å². The summed E-state index contributed by atoms with van der Waals surface area (Å²) in [6.07, 6.45) is 5.87. The highest BCUT2D eigenvalue weighted by Crippen LogP contribution is 2.32. The Morgan fingerprint density at radius 1 is 1.24 bits per heavy atom. The van der Waals surface area contributed by atoms with Crippen molar-refractivity contribution in [1.29, 1.82) is 0 Å². The topological polar surface area (TPSA) is 61.4 Å². The molecule has 1 aliphatic carbocycles. The van der Waals surface area contributed by atoms with Crippen LogP contribution in [-0.4, -0.2) is 52.8 Å². The molecule has 4 rings (SSSR count). The van der Waals surface area contributed by atoms with E-state index >= 15 is 0 Å². The standard InChI is InChI=1S/C22H24ClN5O/c23-18-7-1-5-17(15-18)6-2-12-24-22(29)28(19-10-11-19)20-8-4-14-27(16-20)21-9-3-13-25-26-21/h1,3,5,7,9,13,15,19-20H,4,8,10-12,14,16H2,(H,24,29)/t20-/m1/s1. The number of anilines is 1. The Hall–Kier alpha value is -2.78. The molecule has 1 aliphatic heterocycles. The first-order valence-electron chi connectivity index (χ1n) is 10.0. The molecule has 2 aliphatic rings. The molecule has 2 fully saturated rings. The highest BCUT2D eigenvalue weighted by molar-refractivity contribution is 6.30. The molecule has 1 saturated heterocycles. The van der Waals surface area contributed by atoms with Gasteiger partial charge in [-0.15, -0.1) is 5.10 Å². The van der Waals surface area contributed by atoms with Gasteiger partial charge >= 0.3 is 6.03 Å². The summed E-state index contributed by atoms with van der Waals surface area (Å²) in [4.78, 5) is 17.2. The molecule has 0 unspecified atom stereocenters. The largest absolute Gasteiger partial charge is 0.353 e. The fraction of sp³-hybridized carbons (Fsp3) is 0.409. The molecule has 150 valence electrons. The van der Waals surface area contributed by atoms with E-state index in [0.717, 1.165) is 50.2 Å². The van der Waals surface area contributed by atoms with Crippen LogP contribution in [0.25, 0.3) is 0 Å². The normalized spacial score (nSPS) is 18.5. The Kier molecular flexibility index (Phi) is 6.16.